The molecule has 2 saturated heterocycles. The highest BCUT2D eigenvalue weighted by Crippen LogP contribution is 2.24. The number of aliphatic hydroxyl groups excluding tert-OH is 1. The molecular formula is C15H22N2O2. The van der Waals surface area contributed by atoms with Crippen molar-refractivity contribution in [3.8, 4) is 0 Å². The Kier molecular flexibility index (Phi) is 4.01. The molecule has 19 heavy (non-hydrogen) atoms. The first-order valence-electron chi connectivity index (χ1n) is 7.13. The summed E-state index contributed by atoms with van der Waals surface area (Å²) in [4.78, 5) is 5.01. The standard InChI is InChI=1S/C15H22N2O2/c18-12-13-1-3-14(4-2-13)17-6-5-15(11-17)16-7-9-19-10-8-16/h1-4,15,18H,5-12H2. The zero-order chi connectivity index (χ0) is 13.1. The van der Waals surface area contributed by atoms with Crippen LogP contribution in [0.2, 0.25) is 0 Å². The maximum atomic E-state index is 9.07. The van der Waals surface area contributed by atoms with Gasteiger partial charge in [0.15, 0.2) is 0 Å². The maximum Gasteiger partial charge on any atom is 0.0681 e. The number of rotatable bonds is 3. The molecule has 1 aromatic rings. The van der Waals surface area contributed by atoms with Crippen molar-refractivity contribution >= 4 is 5.69 Å². The van der Waals surface area contributed by atoms with Gasteiger partial charge in [-0.3, -0.25) is 4.90 Å². The number of aliphatic hydroxyl groups is 1. The molecule has 0 aliphatic carbocycles. The van der Waals surface area contributed by atoms with Gasteiger partial charge in [-0.1, -0.05) is 12.1 Å². The highest BCUT2D eigenvalue weighted by atomic mass is 16.5. The van der Waals surface area contributed by atoms with Crippen molar-refractivity contribution < 1.29 is 9.84 Å². The number of ether oxygens (including phenoxy) is 1. The fourth-order valence-electron chi connectivity index (χ4n) is 3.03. The Hall–Kier alpha value is -1.10. The molecule has 0 saturated carbocycles. The van der Waals surface area contributed by atoms with Gasteiger partial charge < -0.3 is 14.7 Å². The number of morpholine rings is 1. The number of anilines is 1. The lowest BCUT2D eigenvalue weighted by molar-refractivity contribution is 0.0209. The average molecular weight is 262 g/mol. The first kappa shape index (κ1) is 12.9. The number of hydrogen-bond donors (Lipinski definition) is 1. The van der Waals surface area contributed by atoms with Gasteiger partial charge in [-0.2, -0.15) is 0 Å². The Labute approximate surface area is 114 Å². The van der Waals surface area contributed by atoms with Crippen LogP contribution in [0.4, 0.5) is 5.69 Å². The second kappa shape index (κ2) is 5.90. The van der Waals surface area contributed by atoms with Gasteiger partial charge in [0.25, 0.3) is 0 Å². The van der Waals surface area contributed by atoms with Crippen molar-refractivity contribution in [1.29, 1.82) is 0 Å². The molecule has 2 fully saturated rings. The second-order valence-electron chi connectivity index (χ2n) is 5.36. The third kappa shape index (κ3) is 2.91. The average Bonchev–Trinajstić information content (AvgIpc) is 2.98. The molecule has 2 aliphatic heterocycles. The Bertz CT molecular complexity index is 401. The molecule has 0 bridgehead atoms. The summed E-state index contributed by atoms with van der Waals surface area (Å²) in [6.45, 7) is 6.25. The lowest BCUT2D eigenvalue weighted by Gasteiger charge is -2.32. The van der Waals surface area contributed by atoms with Crippen LogP contribution in [0, 0.1) is 0 Å². The van der Waals surface area contributed by atoms with Crippen molar-refractivity contribution in [2.24, 2.45) is 0 Å². The minimum absolute atomic E-state index is 0.122. The molecule has 1 aromatic carbocycles. The minimum atomic E-state index is 0.122. The number of nitrogens with zero attached hydrogens (tertiary/aromatic N) is 2. The van der Waals surface area contributed by atoms with E-state index in [1.807, 2.05) is 12.1 Å². The van der Waals surface area contributed by atoms with Gasteiger partial charge in [-0.25, -0.2) is 0 Å². The highest BCUT2D eigenvalue weighted by Gasteiger charge is 2.28. The minimum Gasteiger partial charge on any atom is -0.392 e. The summed E-state index contributed by atoms with van der Waals surface area (Å²) >= 11 is 0. The van der Waals surface area contributed by atoms with Gasteiger partial charge in [-0.05, 0) is 24.1 Å². The summed E-state index contributed by atoms with van der Waals surface area (Å²) in [5.74, 6) is 0. The lowest BCUT2D eigenvalue weighted by Crippen LogP contribution is -2.44. The second-order valence-corrected chi connectivity index (χ2v) is 5.36. The van der Waals surface area contributed by atoms with Crippen molar-refractivity contribution in [3.63, 3.8) is 0 Å². The summed E-state index contributed by atoms with van der Waals surface area (Å²) in [7, 11) is 0. The number of benzene rings is 1. The van der Waals surface area contributed by atoms with E-state index in [2.05, 4.69) is 21.9 Å². The normalized spacial score (nSPS) is 24.9. The van der Waals surface area contributed by atoms with Crippen LogP contribution < -0.4 is 4.90 Å². The molecular weight excluding hydrogens is 240 g/mol. The molecule has 0 radical (unpaired) electrons. The van der Waals surface area contributed by atoms with Gasteiger partial charge in [-0.15, -0.1) is 0 Å². The monoisotopic (exact) mass is 262 g/mol. The Balaban J connectivity index is 1.61. The maximum absolute atomic E-state index is 9.07. The quantitative estimate of drug-likeness (QED) is 0.884. The first-order valence-corrected chi connectivity index (χ1v) is 7.13. The molecule has 0 amide bonds. The Morgan fingerprint density at radius 3 is 2.53 bits per heavy atom. The molecule has 4 heteroatoms. The molecule has 4 nitrogen and oxygen atoms in total. The van der Waals surface area contributed by atoms with Crippen molar-refractivity contribution in [1.82, 2.24) is 4.90 Å². The van der Waals surface area contributed by atoms with Crippen molar-refractivity contribution in [2.75, 3.05) is 44.3 Å². The van der Waals surface area contributed by atoms with Gasteiger partial charge in [0.05, 0.1) is 19.8 Å². The molecule has 1 N–H and O–H groups in total. The van der Waals surface area contributed by atoms with Crippen LogP contribution in [0.15, 0.2) is 24.3 Å². The summed E-state index contributed by atoms with van der Waals surface area (Å²) in [6, 6.07) is 8.93. The predicted molar refractivity (Wildman–Crippen MR) is 75.4 cm³/mol. The molecule has 0 spiro atoms. The molecule has 3 rings (SSSR count). The molecule has 104 valence electrons. The van der Waals surface area contributed by atoms with Crippen LogP contribution in [0.1, 0.15) is 12.0 Å². The fourth-order valence-corrected chi connectivity index (χ4v) is 3.03. The summed E-state index contributed by atoms with van der Waals surface area (Å²) in [5.41, 5.74) is 2.25. The van der Waals surface area contributed by atoms with E-state index in [1.165, 1.54) is 12.1 Å². The summed E-state index contributed by atoms with van der Waals surface area (Å²) in [5, 5.41) is 9.07. The van der Waals surface area contributed by atoms with Crippen LogP contribution in [-0.2, 0) is 11.3 Å². The topological polar surface area (TPSA) is 35.9 Å². The smallest absolute Gasteiger partial charge is 0.0681 e. The van der Waals surface area contributed by atoms with E-state index in [0.29, 0.717) is 6.04 Å². The molecule has 1 unspecified atom stereocenters. The van der Waals surface area contributed by atoms with Crippen LogP contribution in [-0.4, -0.2) is 55.4 Å². The van der Waals surface area contributed by atoms with E-state index in [0.717, 1.165) is 45.0 Å². The van der Waals surface area contributed by atoms with Gasteiger partial charge in [0.2, 0.25) is 0 Å². The van der Waals surface area contributed by atoms with Crippen molar-refractivity contribution in [2.45, 2.75) is 19.1 Å². The first-order chi connectivity index (χ1) is 9.36. The van der Waals surface area contributed by atoms with Crippen LogP contribution in [0.3, 0.4) is 0 Å². The number of hydrogen-bond acceptors (Lipinski definition) is 4. The largest absolute Gasteiger partial charge is 0.392 e. The molecule has 0 aromatic heterocycles. The highest BCUT2D eigenvalue weighted by molar-refractivity contribution is 5.48. The van der Waals surface area contributed by atoms with E-state index in [-0.39, 0.29) is 6.61 Å². The van der Waals surface area contributed by atoms with E-state index in [9.17, 15) is 0 Å². The zero-order valence-corrected chi connectivity index (χ0v) is 11.3. The van der Waals surface area contributed by atoms with Gasteiger partial charge in [0.1, 0.15) is 0 Å². The molecule has 1 atom stereocenters. The van der Waals surface area contributed by atoms with Crippen LogP contribution in [0.5, 0.6) is 0 Å². The van der Waals surface area contributed by atoms with Crippen LogP contribution >= 0.6 is 0 Å². The van der Waals surface area contributed by atoms with Gasteiger partial charge in [0, 0.05) is 37.9 Å². The predicted octanol–water partition coefficient (Wildman–Crippen LogP) is 1.09. The third-order valence-corrected chi connectivity index (χ3v) is 4.21. The Morgan fingerprint density at radius 2 is 1.84 bits per heavy atom. The van der Waals surface area contributed by atoms with E-state index < -0.39 is 0 Å². The van der Waals surface area contributed by atoms with E-state index in [4.69, 9.17) is 9.84 Å². The zero-order valence-electron chi connectivity index (χ0n) is 11.3. The lowest BCUT2D eigenvalue weighted by atomic mass is 10.2. The van der Waals surface area contributed by atoms with Crippen LogP contribution in [0.25, 0.3) is 0 Å². The third-order valence-electron chi connectivity index (χ3n) is 4.21. The fraction of sp³-hybridized carbons (Fsp3) is 0.600. The van der Waals surface area contributed by atoms with Gasteiger partial charge >= 0.3 is 0 Å². The SMILES string of the molecule is OCc1ccc(N2CCC(N3CCOCC3)C2)cc1. The Morgan fingerprint density at radius 1 is 1.11 bits per heavy atom. The molecule has 2 aliphatic rings. The summed E-state index contributed by atoms with van der Waals surface area (Å²) in [6.07, 6.45) is 1.24. The van der Waals surface area contributed by atoms with E-state index >= 15 is 0 Å². The van der Waals surface area contributed by atoms with E-state index in [1.54, 1.807) is 0 Å². The molecule has 2 heterocycles. The van der Waals surface area contributed by atoms with Crippen molar-refractivity contribution in [3.05, 3.63) is 29.8 Å². The summed E-state index contributed by atoms with van der Waals surface area (Å²) < 4.78 is 5.42.